The predicted molar refractivity (Wildman–Crippen MR) is 47.0 cm³/mol. The van der Waals surface area contributed by atoms with E-state index in [4.69, 9.17) is 16.7 Å². The Morgan fingerprint density at radius 3 is 2.55 bits per heavy atom. The summed E-state index contributed by atoms with van der Waals surface area (Å²) in [5, 5.41) is 9.40. The zero-order valence-corrected chi connectivity index (χ0v) is 12.0. The second kappa shape index (κ2) is 4.71. The van der Waals surface area contributed by atoms with Gasteiger partial charge in [0.05, 0.1) is 5.56 Å². The van der Waals surface area contributed by atoms with E-state index in [1.807, 2.05) is 0 Å². The van der Waals surface area contributed by atoms with Gasteiger partial charge in [0.15, 0.2) is 6.29 Å². The summed E-state index contributed by atoms with van der Waals surface area (Å²) in [6, 6.07) is 4.33. The molecule has 0 heterocycles. The number of hydrogen-bond donors (Lipinski definition) is 1. The third kappa shape index (κ3) is 2.78. The number of carbonyl (C=O) groups excluding carboxylic acids is 1. The van der Waals surface area contributed by atoms with Gasteiger partial charge in [0.1, 0.15) is 5.75 Å². The molecule has 0 amide bonds. The van der Waals surface area contributed by atoms with Crippen LogP contribution < -0.4 is 0 Å². The van der Waals surface area contributed by atoms with E-state index in [1.54, 1.807) is 6.07 Å². The Balaban J connectivity index is 0.000001000. The molecule has 1 aromatic rings. The van der Waals surface area contributed by atoms with Crippen molar-refractivity contribution in [2.45, 2.75) is 0 Å². The second-order valence-electron chi connectivity index (χ2n) is 1.82. The first-order valence-electron chi connectivity index (χ1n) is 2.68. The normalized spacial score (nSPS) is 8.45. The number of benzene rings is 1. The van der Waals surface area contributed by atoms with Crippen LogP contribution in [0.3, 0.4) is 0 Å². The summed E-state index contributed by atoms with van der Waals surface area (Å²) in [6.07, 6.45) is 0.575. The summed E-state index contributed by atoms with van der Waals surface area (Å²) in [5.74, 6) is -0.0810. The fourth-order valence-corrected chi connectivity index (χ4v) is 0.783. The van der Waals surface area contributed by atoms with Gasteiger partial charge in [-0.2, -0.15) is 0 Å². The van der Waals surface area contributed by atoms with E-state index in [0.29, 0.717) is 11.3 Å². The molecule has 1 aromatic carbocycles. The minimum absolute atomic E-state index is 0. The van der Waals surface area contributed by atoms with Gasteiger partial charge in [-0.25, -0.2) is 0 Å². The number of phenolic OH excluding ortho intramolecular Hbond substituents is 1. The zero-order chi connectivity index (χ0) is 7.56. The number of phenols is 1. The molecule has 2 nitrogen and oxygen atoms in total. The van der Waals surface area contributed by atoms with E-state index < -0.39 is 0 Å². The van der Waals surface area contributed by atoms with Gasteiger partial charge in [-0.3, -0.25) is 4.79 Å². The Hall–Kier alpha value is -0.0979. The van der Waals surface area contributed by atoms with Crippen molar-refractivity contribution >= 4 is 45.2 Å². The van der Waals surface area contributed by atoms with Crippen LogP contribution in [0.5, 0.6) is 5.75 Å². The van der Waals surface area contributed by atoms with Crippen LogP contribution in [0, 0.1) is 0 Å². The van der Waals surface area contributed by atoms with Crippen molar-refractivity contribution in [2.75, 3.05) is 0 Å². The van der Waals surface area contributed by atoms with E-state index in [-0.39, 0.29) is 38.6 Å². The Kier molecular flexibility index (Phi) is 4.67. The summed E-state index contributed by atoms with van der Waals surface area (Å²) in [4.78, 5) is 10.1. The molecular formula is C7H7ClO2Pb. The molecule has 0 fully saturated rings. The molecule has 0 bridgehead atoms. The monoisotopic (exact) mass is 366 g/mol. The van der Waals surface area contributed by atoms with Crippen LogP contribution in [0.4, 0.5) is 0 Å². The zero-order valence-electron chi connectivity index (χ0n) is 5.75. The van der Waals surface area contributed by atoms with Crippen LogP contribution in [0.2, 0.25) is 5.02 Å². The SMILES string of the molecule is O=Cc1ccc(Cl)cc1O.[PbH2]. The van der Waals surface area contributed by atoms with E-state index >= 15 is 0 Å². The fraction of sp³-hybridized carbons (Fsp3) is 0. The summed E-state index contributed by atoms with van der Waals surface area (Å²) < 4.78 is 0. The topological polar surface area (TPSA) is 37.3 Å². The van der Waals surface area contributed by atoms with Crippen molar-refractivity contribution in [3.63, 3.8) is 0 Å². The standard InChI is InChI=1S/C7H5ClO2.Pb.2H/c8-6-2-1-5(4-9)7(10)3-6;;;/h1-4,10H;;;. The van der Waals surface area contributed by atoms with Gasteiger partial charge in [0.25, 0.3) is 0 Å². The molecule has 1 N–H and O–H groups in total. The molecule has 58 valence electrons. The second-order valence-corrected chi connectivity index (χ2v) is 2.26. The number of rotatable bonds is 1. The molecule has 2 radical (unpaired) electrons. The molecule has 0 atom stereocenters. The average Bonchev–Trinajstić information content (AvgIpc) is 1.88. The van der Waals surface area contributed by atoms with Gasteiger partial charge < -0.3 is 5.11 Å². The van der Waals surface area contributed by atoms with Crippen LogP contribution in [0.25, 0.3) is 0 Å². The van der Waals surface area contributed by atoms with Crippen molar-refractivity contribution < 1.29 is 9.90 Å². The average molecular weight is 366 g/mol. The molecule has 0 saturated heterocycles. The number of halogens is 1. The fourth-order valence-electron chi connectivity index (χ4n) is 0.616. The molecule has 0 unspecified atom stereocenters. The Labute approximate surface area is 89.3 Å². The van der Waals surface area contributed by atoms with E-state index in [1.165, 1.54) is 12.1 Å². The third-order valence-corrected chi connectivity index (χ3v) is 1.35. The first kappa shape index (κ1) is 10.9. The molecule has 0 aliphatic rings. The van der Waals surface area contributed by atoms with Gasteiger partial charge in [-0.1, -0.05) is 11.6 Å². The number of aldehydes is 1. The van der Waals surface area contributed by atoms with Crippen LogP contribution >= 0.6 is 11.6 Å². The Morgan fingerprint density at radius 2 is 2.09 bits per heavy atom. The van der Waals surface area contributed by atoms with Crippen LogP contribution in [-0.2, 0) is 0 Å². The molecular weight excluding hydrogens is 359 g/mol. The van der Waals surface area contributed by atoms with Gasteiger partial charge in [0.2, 0.25) is 0 Å². The number of hydrogen-bond acceptors (Lipinski definition) is 2. The minimum atomic E-state index is -0.0810. The van der Waals surface area contributed by atoms with Crippen molar-refractivity contribution in [1.29, 1.82) is 0 Å². The quantitative estimate of drug-likeness (QED) is 0.594. The van der Waals surface area contributed by atoms with E-state index in [0.717, 1.165) is 0 Å². The van der Waals surface area contributed by atoms with E-state index in [2.05, 4.69) is 0 Å². The first-order valence-corrected chi connectivity index (χ1v) is 3.05. The molecule has 11 heavy (non-hydrogen) atoms. The first-order chi connectivity index (χ1) is 4.74. The maximum absolute atomic E-state index is 10.1. The van der Waals surface area contributed by atoms with Crippen molar-refractivity contribution in [2.24, 2.45) is 0 Å². The van der Waals surface area contributed by atoms with E-state index in [9.17, 15) is 4.79 Å². The van der Waals surface area contributed by atoms with Crippen molar-refractivity contribution in [1.82, 2.24) is 0 Å². The third-order valence-electron chi connectivity index (χ3n) is 1.12. The van der Waals surface area contributed by atoms with Gasteiger partial charge in [0, 0.05) is 5.02 Å². The Morgan fingerprint density at radius 1 is 1.45 bits per heavy atom. The van der Waals surface area contributed by atoms with Crippen molar-refractivity contribution in [3.8, 4) is 5.75 Å². The summed E-state index contributed by atoms with van der Waals surface area (Å²) in [5.41, 5.74) is 0.254. The van der Waals surface area contributed by atoms with Crippen LogP contribution in [0.15, 0.2) is 18.2 Å². The van der Waals surface area contributed by atoms with Gasteiger partial charge >= 0.3 is 27.3 Å². The van der Waals surface area contributed by atoms with Gasteiger partial charge in [-0.05, 0) is 18.2 Å². The van der Waals surface area contributed by atoms with Gasteiger partial charge in [-0.15, -0.1) is 0 Å². The summed E-state index contributed by atoms with van der Waals surface area (Å²) in [6.45, 7) is 0. The summed E-state index contributed by atoms with van der Waals surface area (Å²) >= 11 is 5.50. The maximum atomic E-state index is 10.1. The molecule has 0 aromatic heterocycles. The molecule has 0 spiro atoms. The molecule has 0 saturated carbocycles. The van der Waals surface area contributed by atoms with Crippen molar-refractivity contribution in [3.05, 3.63) is 28.8 Å². The molecule has 0 aliphatic heterocycles. The summed E-state index contributed by atoms with van der Waals surface area (Å²) in [7, 11) is 0. The predicted octanol–water partition coefficient (Wildman–Crippen LogP) is 0.942. The molecule has 1 rings (SSSR count). The molecule has 0 aliphatic carbocycles. The number of carbonyl (C=O) groups is 1. The number of aromatic hydroxyl groups is 1. The molecule has 4 heteroatoms. The van der Waals surface area contributed by atoms with Crippen LogP contribution in [-0.4, -0.2) is 38.7 Å². The Bertz CT molecular complexity index is 263. The van der Waals surface area contributed by atoms with Crippen LogP contribution in [0.1, 0.15) is 10.4 Å².